The van der Waals surface area contributed by atoms with Gasteiger partial charge in [0.15, 0.2) is 0 Å². The molecule has 72 valence electrons. The number of rotatable bonds is 3. The SMILES string of the molecule is O=C(CNC(=O)C(=O)O)NC1CC1. The molecular formula is C7H10N2O4. The molecule has 0 aliphatic heterocycles. The van der Waals surface area contributed by atoms with Crippen LogP contribution in [0, 0.1) is 0 Å². The van der Waals surface area contributed by atoms with E-state index in [2.05, 4.69) is 5.32 Å². The van der Waals surface area contributed by atoms with Crippen LogP contribution >= 0.6 is 0 Å². The summed E-state index contributed by atoms with van der Waals surface area (Å²) in [4.78, 5) is 31.4. The van der Waals surface area contributed by atoms with Crippen molar-refractivity contribution in [1.29, 1.82) is 0 Å². The fraction of sp³-hybridized carbons (Fsp3) is 0.571. The van der Waals surface area contributed by atoms with Crippen molar-refractivity contribution in [2.24, 2.45) is 0 Å². The normalized spacial score (nSPS) is 14.8. The molecule has 0 bridgehead atoms. The molecule has 6 heteroatoms. The molecule has 1 aliphatic rings. The Labute approximate surface area is 74.3 Å². The molecule has 0 radical (unpaired) electrons. The van der Waals surface area contributed by atoms with Crippen LogP contribution in [-0.2, 0) is 14.4 Å². The molecule has 0 spiro atoms. The van der Waals surface area contributed by atoms with Gasteiger partial charge in [0, 0.05) is 6.04 Å². The minimum atomic E-state index is -1.58. The smallest absolute Gasteiger partial charge is 0.394 e. The summed E-state index contributed by atoms with van der Waals surface area (Å²) in [5.41, 5.74) is 0. The number of hydrogen-bond donors (Lipinski definition) is 3. The van der Waals surface area contributed by atoms with Crippen molar-refractivity contribution >= 4 is 17.8 Å². The molecule has 13 heavy (non-hydrogen) atoms. The van der Waals surface area contributed by atoms with Gasteiger partial charge in [0.25, 0.3) is 0 Å². The molecule has 1 aliphatic carbocycles. The van der Waals surface area contributed by atoms with Crippen LogP contribution in [-0.4, -0.2) is 35.5 Å². The Morgan fingerprint density at radius 3 is 2.38 bits per heavy atom. The Kier molecular flexibility index (Phi) is 2.84. The Balaban J connectivity index is 2.13. The second kappa shape index (κ2) is 3.88. The Morgan fingerprint density at radius 2 is 1.92 bits per heavy atom. The number of carboxylic acids is 1. The molecule has 0 atom stereocenters. The third kappa shape index (κ3) is 3.55. The van der Waals surface area contributed by atoms with Gasteiger partial charge in [0.2, 0.25) is 5.91 Å². The van der Waals surface area contributed by atoms with Crippen LogP contribution in [0.4, 0.5) is 0 Å². The van der Waals surface area contributed by atoms with Crippen molar-refractivity contribution in [2.45, 2.75) is 18.9 Å². The maximum atomic E-state index is 10.9. The van der Waals surface area contributed by atoms with E-state index in [0.29, 0.717) is 0 Å². The van der Waals surface area contributed by atoms with Gasteiger partial charge in [0.1, 0.15) is 0 Å². The lowest BCUT2D eigenvalue weighted by Crippen LogP contribution is -2.40. The van der Waals surface area contributed by atoms with E-state index in [4.69, 9.17) is 5.11 Å². The first kappa shape index (κ1) is 9.50. The predicted molar refractivity (Wildman–Crippen MR) is 41.8 cm³/mol. The van der Waals surface area contributed by atoms with Gasteiger partial charge in [-0.25, -0.2) is 4.79 Å². The van der Waals surface area contributed by atoms with Gasteiger partial charge in [-0.3, -0.25) is 9.59 Å². The second-order valence-electron chi connectivity index (χ2n) is 2.83. The van der Waals surface area contributed by atoms with Crippen molar-refractivity contribution in [3.63, 3.8) is 0 Å². The van der Waals surface area contributed by atoms with E-state index in [9.17, 15) is 14.4 Å². The predicted octanol–water partition coefficient (Wildman–Crippen LogP) is -1.53. The molecule has 1 fully saturated rings. The van der Waals surface area contributed by atoms with Crippen LogP contribution < -0.4 is 10.6 Å². The molecule has 0 aromatic carbocycles. The maximum Gasteiger partial charge on any atom is 0.394 e. The highest BCUT2D eigenvalue weighted by molar-refractivity contribution is 6.31. The van der Waals surface area contributed by atoms with Crippen LogP contribution in [0.5, 0.6) is 0 Å². The number of carbonyl (C=O) groups is 3. The molecular weight excluding hydrogens is 176 g/mol. The molecule has 2 amide bonds. The standard InChI is InChI=1S/C7H10N2O4/c10-5(9-4-1-2-4)3-8-6(11)7(12)13/h4H,1-3H2,(H,8,11)(H,9,10)(H,12,13). The van der Waals surface area contributed by atoms with Crippen molar-refractivity contribution in [3.8, 4) is 0 Å². The van der Waals surface area contributed by atoms with E-state index in [1.54, 1.807) is 0 Å². The van der Waals surface area contributed by atoms with Crippen molar-refractivity contribution in [2.75, 3.05) is 6.54 Å². The minimum Gasteiger partial charge on any atom is -0.474 e. The topological polar surface area (TPSA) is 95.5 Å². The molecule has 0 heterocycles. The monoisotopic (exact) mass is 186 g/mol. The van der Waals surface area contributed by atoms with E-state index in [1.807, 2.05) is 5.32 Å². The first-order valence-corrected chi connectivity index (χ1v) is 3.90. The zero-order chi connectivity index (χ0) is 9.84. The van der Waals surface area contributed by atoms with Crippen LogP contribution in [0.1, 0.15) is 12.8 Å². The van der Waals surface area contributed by atoms with Crippen LogP contribution in [0.15, 0.2) is 0 Å². The molecule has 0 unspecified atom stereocenters. The number of hydrogen-bond acceptors (Lipinski definition) is 3. The quantitative estimate of drug-likeness (QED) is 0.466. The summed E-state index contributed by atoms with van der Waals surface area (Å²) in [6.45, 7) is -0.276. The van der Waals surface area contributed by atoms with Gasteiger partial charge in [-0.1, -0.05) is 0 Å². The Morgan fingerprint density at radius 1 is 1.31 bits per heavy atom. The van der Waals surface area contributed by atoms with Crippen molar-refractivity contribution in [3.05, 3.63) is 0 Å². The average molecular weight is 186 g/mol. The molecule has 0 saturated heterocycles. The van der Waals surface area contributed by atoms with Crippen molar-refractivity contribution in [1.82, 2.24) is 10.6 Å². The van der Waals surface area contributed by atoms with E-state index < -0.39 is 11.9 Å². The number of carboxylic acid groups (broad SMARTS) is 1. The molecule has 1 rings (SSSR count). The molecule has 3 N–H and O–H groups in total. The highest BCUT2D eigenvalue weighted by atomic mass is 16.4. The van der Waals surface area contributed by atoms with Gasteiger partial charge in [-0.05, 0) is 12.8 Å². The molecule has 1 saturated carbocycles. The zero-order valence-corrected chi connectivity index (χ0v) is 6.87. The Bertz CT molecular complexity index is 247. The second-order valence-corrected chi connectivity index (χ2v) is 2.83. The lowest BCUT2D eigenvalue weighted by molar-refractivity contribution is -0.150. The maximum absolute atomic E-state index is 10.9. The number of carbonyl (C=O) groups excluding carboxylic acids is 2. The Hall–Kier alpha value is -1.59. The lowest BCUT2D eigenvalue weighted by atomic mass is 10.5. The average Bonchev–Trinajstić information content (AvgIpc) is 2.83. The van der Waals surface area contributed by atoms with Gasteiger partial charge in [0.05, 0.1) is 6.54 Å². The van der Waals surface area contributed by atoms with E-state index in [1.165, 1.54) is 0 Å². The third-order valence-corrected chi connectivity index (χ3v) is 1.55. The first-order chi connectivity index (χ1) is 6.09. The summed E-state index contributed by atoms with van der Waals surface area (Å²) < 4.78 is 0. The van der Waals surface area contributed by atoms with Crippen LogP contribution in [0.25, 0.3) is 0 Å². The van der Waals surface area contributed by atoms with E-state index >= 15 is 0 Å². The minimum absolute atomic E-state index is 0.217. The lowest BCUT2D eigenvalue weighted by Gasteiger charge is -2.02. The third-order valence-electron chi connectivity index (χ3n) is 1.55. The van der Waals surface area contributed by atoms with Gasteiger partial charge in [-0.15, -0.1) is 0 Å². The van der Waals surface area contributed by atoms with Crippen molar-refractivity contribution < 1.29 is 19.5 Å². The summed E-state index contributed by atoms with van der Waals surface area (Å²) in [6, 6.07) is 0.217. The molecule has 0 aromatic heterocycles. The largest absolute Gasteiger partial charge is 0.474 e. The zero-order valence-electron chi connectivity index (χ0n) is 6.87. The summed E-state index contributed by atoms with van der Waals surface area (Å²) >= 11 is 0. The number of amides is 2. The summed E-state index contributed by atoms with van der Waals surface area (Å²) in [5.74, 6) is -3.10. The fourth-order valence-electron chi connectivity index (χ4n) is 0.743. The molecule has 0 aromatic rings. The van der Waals surface area contributed by atoms with Crippen LogP contribution in [0.2, 0.25) is 0 Å². The number of aliphatic carboxylic acids is 1. The molecule has 6 nitrogen and oxygen atoms in total. The summed E-state index contributed by atoms with van der Waals surface area (Å²) in [5, 5.41) is 12.7. The van der Waals surface area contributed by atoms with Gasteiger partial charge >= 0.3 is 11.9 Å². The highest BCUT2D eigenvalue weighted by Crippen LogP contribution is 2.17. The summed E-state index contributed by atoms with van der Waals surface area (Å²) in [6.07, 6.45) is 1.91. The van der Waals surface area contributed by atoms with Crippen LogP contribution in [0.3, 0.4) is 0 Å². The number of nitrogens with one attached hydrogen (secondary N) is 2. The first-order valence-electron chi connectivity index (χ1n) is 3.90. The summed E-state index contributed by atoms with van der Waals surface area (Å²) in [7, 11) is 0. The van der Waals surface area contributed by atoms with Gasteiger partial charge < -0.3 is 15.7 Å². The van der Waals surface area contributed by atoms with E-state index in [0.717, 1.165) is 12.8 Å². The highest BCUT2D eigenvalue weighted by Gasteiger charge is 2.23. The van der Waals surface area contributed by atoms with E-state index in [-0.39, 0.29) is 18.5 Å². The fourth-order valence-corrected chi connectivity index (χ4v) is 0.743. The van der Waals surface area contributed by atoms with Gasteiger partial charge in [-0.2, -0.15) is 0 Å².